The summed E-state index contributed by atoms with van der Waals surface area (Å²) in [6.45, 7) is -1.28. The molecule has 242 valence electrons. The minimum atomic E-state index is -5.82. The summed E-state index contributed by atoms with van der Waals surface area (Å²) < 4.78 is 106. The van der Waals surface area contributed by atoms with Gasteiger partial charge in [-0.15, -0.1) is 0 Å². The van der Waals surface area contributed by atoms with E-state index in [-0.39, 0.29) is 18.3 Å². The van der Waals surface area contributed by atoms with Crippen molar-refractivity contribution in [1.29, 1.82) is 0 Å². The number of rotatable bonds is 9. The Labute approximate surface area is 305 Å². The van der Waals surface area contributed by atoms with Crippen LogP contribution in [0.3, 0.4) is 0 Å². The summed E-state index contributed by atoms with van der Waals surface area (Å²) in [4.78, 5) is 36.5. The van der Waals surface area contributed by atoms with Gasteiger partial charge < -0.3 is 24.4 Å². The molecule has 0 aliphatic rings. The van der Waals surface area contributed by atoms with Gasteiger partial charge in [-0.1, -0.05) is 0 Å². The average Bonchev–Trinajstić information content (AvgIpc) is 2.94. The molecule has 20 heteroatoms. The van der Waals surface area contributed by atoms with Crippen molar-refractivity contribution in [2.45, 2.75) is 11.8 Å². The Kier molecular flexibility index (Phi) is 12.2. The van der Waals surface area contributed by atoms with Crippen LogP contribution in [0.2, 0.25) is 0 Å². The molecule has 3 N–H and O–H groups in total. The molecule has 0 spiro atoms. The fraction of sp³-hybridized carbons (Fsp3) is 0.160. The van der Waals surface area contributed by atoms with E-state index in [0.29, 0.717) is 7.14 Å². The van der Waals surface area contributed by atoms with Crippen molar-refractivity contribution >= 4 is 118 Å². The molecule has 3 aromatic carbocycles. The van der Waals surface area contributed by atoms with E-state index in [1.165, 1.54) is 24.3 Å². The van der Waals surface area contributed by atoms with Crippen molar-refractivity contribution in [3.63, 3.8) is 0 Å². The second-order valence-electron chi connectivity index (χ2n) is 9.06. The fourth-order valence-corrected chi connectivity index (χ4v) is 7.65. The third kappa shape index (κ3) is 8.39. The highest BCUT2D eigenvalue weighted by atomic mass is 127. The Morgan fingerprint density at radius 2 is 1.13 bits per heavy atom. The molecule has 0 saturated carbocycles. The van der Waals surface area contributed by atoms with E-state index in [1.807, 2.05) is 45.2 Å². The third-order valence-corrected chi connectivity index (χ3v) is 9.43. The summed E-state index contributed by atoms with van der Waals surface area (Å²) in [6, 6.07) is 5.49. The number of halogens is 8. The predicted octanol–water partition coefficient (Wildman–Crippen LogP) is 5.95. The summed E-state index contributed by atoms with van der Waals surface area (Å²) in [5, 5.41) is 20.6. The molecule has 0 atom stereocenters. The number of phenolic OH excluding ortho intramolecular Hbond substituents is 2. The van der Waals surface area contributed by atoms with Gasteiger partial charge in [0.15, 0.2) is 16.5 Å². The highest BCUT2D eigenvalue weighted by Crippen LogP contribution is 2.35. The smallest absolute Gasteiger partial charge is 0.342 e. The lowest BCUT2D eigenvalue weighted by Gasteiger charge is -2.27. The lowest BCUT2D eigenvalue weighted by atomic mass is 9.93. The summed E-state index contributed by atoms with van der Waals surface area (Å²) in [5.74, 6) is -17.6. The van der Waals surface area contributed by atoms with Crippen LogP contribution in [0.25, 0.3) is 0 Å². The van der Waals surface area contributed by atoms with Gasteiger partial charge in [0.05, 0.1) is 7.14 Å². The van der Waals surface area contributed by atoms with Crippen molar-refractivity contribution < 1.29 is 69.3 Å². The maximum atomic E-state index is 14.6. The SMILES string of the molecule is CC(COC(=O)c1cc(I)cc(I)c1O)(COC(=O)c1cc(I)cc(I)c1O)C(=O)Oc1c(F)c(F)c(S(=O)(=O)O)c(F)c1F. The van der Waals surface area contributed by atoms with Crippen molar-refractivity contribution in [3.8, 4) is 17.2 Å². The van der Waals surface area contributed by atoms with Crippen LogP contribution >= 0.6 is 90.4 Å². The quantitative estimate of drug-likeness (QED) is 0.0578. The van der Waals surface area contributed by atoms with Crippen molar-refractivity contribution in [2.24, 2.45) is 5.41 Å². The Hall–Kier alpha value is -1.78. The Morgan fingerprint density at radius 1 is 0.756 bits per heavy atom. The molecule has 0 aliphatic carbocycles. The zero-order valence-electron chi connectivity index (χ0n) is 21.8. The van der Waals surface area contributed by atoms with Crippen LogP contribution in [0.4, 0.5) is 17.6 Å². The number of benzene rings is 3. The normalized spacial score (nSPS) is 11.7. The first-order valence-electron chi connectivity index (χ1n) is 11.5. The van der Waals surface area contributed by atoms with Crippen LogP contribution in [0.1, 0.15) is 27.6 Å². The predicted molar refractivity (Wildman–Crippen MR) is 177 cm³/mol. The van der Waals surface area contributed by atoms with Crippen LogP contribution in [0, 0.1) is 43.0 Å². The molecule has 0 unspecified atom stereocenters. The zero-order valence-corrected chi connectivity index (χ0v) is 31.2. The fourth-order valence-electron chi connectivity index (χ4n) is 3.33. The first kappa shape index (κ1) is 37.7. The van der Waals surface area contributed by atoms with Gasteiger partial charge in [-0.3, -0.25) is 9.35 Å². The lowest BCUT2D eigenvalue weighted by Crippen LogP contribution is -2.42. The maximum Gasteiger partial charge on any atom is 0.342 e. The number of hydrogen-bond acceptors (Lipinski definition) is 10. The minimum Gasteiger partial charge on any atom is -0.506 e. The van der Waals surface area contributed by atoms with E-state index >= 15 is 0 Å². The summed E-state index contributed by atoms with van der Waals surface area (Å²) >= 11 is 7.13. The van der Waals surface area contributed by atoms with Crippen LogP contribution in [0.5, 0.6) is 17.2 Å². The molecule has 0 aliphatic heterocycles. The molecule has 11 nitrogen and oxygen atoms in total. The highest BCUT2D eigenvalue weighted by molar-refractivity contribution is 14.1. The van der Waals surface area contributed by atoms with Gasteiger partial charge in [0.2, 0.25) is 17.4 Å². The largest absolute Gasteiger partial charge is 0.506 e. The van der Waals surface area contributed by atoms with Gasteiger partial charge in [0, 0.05) is 7.14 Å². The Balaban J connectivity index is 2.01. The molecular weight excluding hydrogens is 1090 g/mol. The van der Waals surface area contributed by atoms with Crippen LogP contribution in [-0.2, 0) is 24.4 Å². The molecule has 3 rings (SSSR count). The number of carbonyl (C=O) groups is 3. The van der Waals surface area contributed by atoms with E-state index < -0.39 is 92.1 Å². The molecule has 0 heterocycles. The molecule has 0 fully saturated rings. The zero-order chi connectivity index (χ0) is 34.2. The molecular formula is C25H14F4I4O11S. The van der Waals surface area contributed by atoms with Crippen LogP contribution in [-0.4, -0.2) is 54.3 Å². The van der Waals surface area contributed by atoms with E-state index in [2.05, 4.69) is 4.74 Å². The molecule has 3 aromatic rings. The Bertz CT molecular complexity index is 1750. The topological polar surface area (TPSA) is 174 Å². The van der Waals surface area contributed by atoms with E-state index in [0.717, 1.165) is 6.92 Å². The van der Waals surface area contributed by atoms with Gasteiger partial charge in [-0.05, 0) is 122 Å². The number of ether oxygens (including phenoxy) is 3. The highest BCUT2D eigenvalue weighted by Gasteiger charge is 2.42. The van der Waals surface area contributed by atoms with Gasteiger partial charge >= 0.3 is 28.0 Å². The van der Waals surface area contributed by atoms with Crippen molar-refractivity contribution in [1.82, 2.24) is 0 Å². The lowest BCUT2D eigenvalue weighted by molar-refractivity contribution is -0.150. The molecule has 0 saturated heterocycles. The summed E-state index contributed by atoms with van der Waals surface area (Å²) in [7, 11) is -5.82. The third-order valence-electron chi connectivity index (χ3n) is 5.67. The first-order valence-corrected chi connectivity index (χ1v) is 17.2. The molecule has 0 radical (unpaired) electrons. The first-order chi connectivity index (χ1) is 20.7. The molecule has 0 amide bonds. The molecule has 0 aromatic heterocycles. The number of phenols is 2. The second-order valence-corrected chi connectivity index (χ2v) is 15.2. The summed E-state index contributed by atoms with van der Waals surface area (Å²) in [6.07, 6.45) is 0. The van der Waals surface area contributed by atoms with E-state index in [9.17, 15) is 50.6 Å². The van der Waals surface area contributed by atoms with Gasteiger partial charge in [0.1, 0.15) is 41.3 Å². The van der Waals surface area contributed by atoms with Gasteiger partial charge in [-0.25, -0.2) is 18.4 Å². The number of hydrogen-bond donors (Lipinski definition) is 3. The van der Waals surface area contributed by atoms with Crippen LogP contribution in [0.15, 0.2) is 29.2 Å². The standard InChI is InChI=1S/C25H14F4I4O11S/c1-25(6-42-22(36)10-2-8(30)4-12(32)18(10)34,7-43-23(37)11-3-9(31)5-13(33)19(11)35)24(38)44-20-14(26)16(28)21(45(39,40)41)17(29)15(20)27/h2-5,34-35H,6-7H2,1H3,(H,39,40,41). The second kappa shape index (κ2) is 14.5. The van der Waals surface area contributed by atoms with Gasteiger partial charge in [0.25, 0.3) is 0 Å². The summed E-state index contributed by atoms with van der Waals surface area (Å²) in [5.41, 5.74) is -3.13. The molecule has 0 bridgehead atoms. The van der Waals surface area contributed by atoms with Crippen molar-refractivity contribution in [2.75, 3.05) is 13.2 Å². The minimum absolute atomic E-state index is 0.248. The number of esters is 3. The number of aromatic hydroxyl groups is 2. The van der Waals surface area contributed by atoms with Crippen LogP contribution < -0.4 is 4.74 Å². The Morgan fingerprint density at radius 3 is 1.49 bits per heavy atom. The number of carbonyl (C=O) groups excluding carboxylic acids is 3. The van der Waals surface area contributed by atoms with E-state index in [4.69, 9.17) is 14.0 Å². The van der Waals surface area contributed by atoms with Crippen molar-refractivity contribution in [3.05, 3.63) is 72.9 Å². The maximum absolute atomic E-state index is 14.6. The molecule has 45 heavy (non-hydrogen) atoms. The van der Waals surface area contributed by atoms with E-state index in [1.54, 1.807) is 45.2 Å². The average molecular weight is 1110 g/mol. The monoisotopic (exact) mass is 1110 g/mol. The van der Waals surface area contributed by atoms with Gasteiger partial charge in [-0.2, -0.15) is 17.2 Å².